The van der Waals surface area contributed by atoms with E-state index in [0.29, 0.717) is 6.04 Å². The van der Waals surface area contributed by atoms with Crippen molar-refractivity contribution in [1.29, 1.82) is 0 Å². The van der Waals surface area contributed by atoms with E-state index in [0.717, 1.165) is 12.3 Å². The van der Waals surface area contributed by atoms with E-state index in [-0.39, 0.29) is 0 Å². The Bertz CT molecular complexity index is 158. The van der Waals surface area contributed by atoms with Gasteiger partial charge in [0.05, 0.1) is 0 Å². The van der Waals surface area contributed by atoms with Crippen molar-refractivity contribution in [3.05, 3.63) is 11.6 Å². The first-order chi connectivity index (χ1) is 5.68. The van der Waals surface area contributed by atoms with Gasteiger partial charge in [0.2, 0.25) is 0 Å². The van der Waals surface area contributed by atoms with Crippen molar-refractivity contribution < 1.29 is 0 Å². The molecule has 0 heterocycles. The second-order valence-corrected chi connectivity index (χ2v) is 4.35. The fraction of sp³-hybridized carbons (Fsp3) is 0.818. The van der Waals surface area contributed by atoms with Crippen LogP contribution in [0.15, 0.2) is 11.6 Å². The van der Waals surface area contributed by atoms with Gasteiger partial charge in [-0.25, -0.2) is 0 Å². The van der Waals surface area contributed by atoms with Crippen LogP contribution in [0.2, 0.25) is 0 Å². The Morgan fingerprint density at radius 1 is 1.58 bits per heavy atom. The summed E-state index contributed by atoms with van der Waals surface area (Å²) in [6.45, 7) is 4.53. The van der Waals surface area contributed by atoms with Gasteiger partial charge in [0.25, 0.3) is 0 Å². The van der Waals surface area contributed by atoms with Crippen LogP contribution >= 0.6 is 0 Å². The highest BCUT2D eigenvalue weighted by Crippen LogP contribution is 2.23. The maximum atomic E-state index is 5.89. The summed E-state index contributed by atoms with van der Waals surface area (Å²) in [6.07, 6.45) is 8.59. The molecule has 0 saturated heterocycles. The van der Waals surface area contributed by atoms with Crippen LogP contribution in [0.1, 0.15) is 46.0 Å². The zero-order valence-corrected chi connectivity index (χ0v) is 8.34. The Hall–Kier alpha value is -0.300. The fourth-order valence-corrected chi connectivity index (χ4v) is 1.72. The molecule has 0 aliphatic heterocycles. The van der Waals surface area contributed by atoms with Crippen molar-refractivity contribution in [3.63, 3.8) is 0 Å². The van der Waals surface area contributed by atoms with Crippen molar-refractivity contribution in [2.75, 3.05) is 0 Å². The lowest BCUT2D eigenvalue weighted by atomic mass is 9.90. The van der Waals surface area contributed by atoms with Gasteiger partial charge in [0.1, 0.15) is 0 Å². The molecule has 1 aliphatic carbocycles. The third-order valence-corrected chi connectivity index (χ3v) is 2.48. The van der Waals surface area contributed by atoms with Gasteiger partial charge in [-0.15, -0.1) is 0 Å². The summed E-state index contributed by atoms with van der Waals surface area (Å²) in [5.74, 6) is 0.788. The van der Waals surface area contributed by atoms with Crippen LogP contribution in [0.3, 0.4) is 0 Å². The largest absolute Gasteiger partial charge is 0.327 e. The SMILES string of the molecule is CC(C)CC=C1CCCC(N)C1. The van der Waals surface area contributed by atoms with E-state index in [4.69, 9.17) is 5.73 Å². The van der Waals surface area contributed by atoms with Gasteiger partial charge in [-0.1, -0.05) is 25.5 Å². The molecule has 0 aromatic rings. The zero-order valence-electron chi connectivity index (χ0n) is 8.34. The van der Waals surface area contributed by atoms with Crippen molar-refractivity contribution in [3.8, 4) is 0 Å². The monoisotopic (exact) mass is 167 g/mol. The van der Waals surface area contributed by atoms with Gasteiger partial charge in [-0.2, -0.15) is 0 Å². The van der Waals surface area contributed by atoms with Crippen LogP contribution in [0.4, 0.5) is 0 Å². The summed E-state index contributed by atoms with van der Waals surface area (Å²) in [5.41, 5.74) is 7.49. The van der Waals surface area contributed by atoms with Gasteiger partial charge in [-0.05, 0) is 38.0 Å². The smallest absolute Gasteiger partial charge is 0.00761 e. The summed E-state index contributed by atoms with van der Waals surface area (Å²) in [5, 5.41) is 0. The average molecular weight is 167 g/mol. The summed E-state index contributed by atoms with van der Waals surface area (Å²) < 4.78 is 0. The molecule has 70 valence electrons. The molecule has 0 spiro atoms. The minimum absolute atomic E-state index is 0.442. The standard InChI is InChI=1S/C11H21N/c1-9(2)6-7-10-4-3-5-11(12)8-10/h7,9,11H,3-6,8,12H2,1-2H3. The average Bonchev–Trinajstić information content (AvgIpc) is 2.01. The molecule has 1 aliphatic rings. The van der Waals surface area contributed by atoms with E-state index < -0.39 is 0 Å². The van der Waals surface area contributed by atoms with Gasteiger partial charge in [0, 0.05) is 6.04 Å². The topological polar surface area (TPSA) is 26.0 Å². The van der Waals surface area contributed by atoms with Crippen LogP contribution in [0.25, 0.3) is 0 Å². The third kappa shape index (κ3) is 3.40. The van der Waals surface area contributed by atoms with Gasteiger partial charge >= 0.3 is 0 Å². The maximum Gasteiger partial charge on any atom is 0.00761 e. The normalized spacial score (nSPS) is 28.3. The molecule has 1 unspecified atom stereocenters. The fourth-order valence-electron chi connectivity index (χ4n) is 1.72. The highest BCUT2D eigenvalue weighted by atomic mass is 14.6. The van der Waals surface area contributed by atoms with Gasteiger partial charge in [0.15, 0.2) is 0 Å². The lowest BCUT2D eigenvalue weighted by Crippen LogP contribution is -2.23. The van der Waals surface area contributed by atoms with E-state index >= 15 is 0 Å². The Labute approximate surface area is 76.0 Å². The van der Waals surface area contributed by atoms with E-state index in [1.807, 2.05) is 0 Å². The molecule has 2 N–H and O–H groups in total. The second kappa shape index (κ2) is 4.66. The van der Waals surface area contributed by atoms with Crippen LogP contribution in [0.5, 0.6) is 0 Å². The molecule has 1 atom stereocenters. The molecule has 0 radical (unpaired) electrons. The minimum atomic E-state index is 0.442. The lowest BCUT2D eigenvalue weighted by Gasteiger charge is -2.20. The first kappa shape index (κ1) is 9.79. The van der Waals surface area contributed by atoms with Gasteiger partial charge < -0.3 is 5.73 Å². The van der Waals surface area contributed by atoms with E-state index in [9.17, 15) is 0 Å². The molecule has 1 rings (SSSR count). The molecule has 0 bridgehead atoms. The Morgan fingerprint density at radius 2 is 2.33 bits per heavy atom. The first-order valence-corrected chi connectivity index (χ1v) is 5.12. The maximum absolute atomic E-state index is 5.89. The molecule has 1 nitrogen and oxygen atoms in total. The Kier molecular flexibility index (Phi) is 3.80. The molecule has 1 fully saturated rings. The van der Waals surface area contributed by atoms with E-state index in [2.05, 4.69) is 19.9 Å². The highest BCUT2D eigenvalue weighted by molar-refractivity contribution is 5.07. The van der Waals surface area contributed by atoms with E-state index in [1.54, 1.807) is 5.57 Å². The molecular formula is C11H21N. The van der Waals surface area contributed by atoms with Crippen LogP contribution in [0, 0.1) is 5.92 Å². The predicted octanol–water partition coefficient (Wildman–Crippen LogP) is 2.86. The minimum Gasteiger partial charge on any atom is -0.327 e. The summed E-state index contributed by atoms with van der Waals surface area (Å²) in [4.78, 5) is 0. The molecule has 1 saturated carbocycles. The van der Waals surface area contributed by atoms with Crippen molar-refractivity contribution in [1.82, 2.24) is 0 Å². The molecule has 12 heavy (non-hydrogen) atoms. The molecule has 0 aromatic heterocycles. The molecular weight excluding hydrogens is 146 g/mol. The second-order valence-electron chi connectivity index (χ2n) is 4.35. The third-order valence-electron chi connectivity index (χ3n) is 2.48. The predicted molar refractivity (Wildman–Crippen MR) is 54.0 cm³/mol. The Balaban J connectivity index is 2.34. The van der Waals surface area contributed by atoms with Crippen molar-refractivity contribution in [2.45, 2.75) is 52.0 Å². The molecule has 0 amide bonds. The van der Waals surface area contributed by atoms with Gasteiger partial charge in [-0.3, -0.25) is 0 Å². The van der Waals surface area contributed by atoms with Crippen LogP contribution in [-0.4, -0.2) is 6.04 Å². The molecule has 1 heteroatoms. The lowest BCUT2D eigenvalue weighted by molar-refractivity contribution is 0.513. The Morgan fingerprint density at radius 3 is 2.92 bits per heavy atom. The van der Waals surface area contributed by atoms with Crippen LogP contribution in [-0.2, 0) is 0 Å². The summed E-state index contributed by atoms with van der Waals surface area (Å²) in [7, 11) is 0. The number of allylic oxidation sites excluding steroid dienone is 1. The summed E-state index contributed by atoms with van der Waals surface area (Å²) >= 11 is 0. The quantitative estimate of drug-likeness (QED) is 0.629. The van der Waals surface area contributed by atoms with Crippen molar-refractivity contribution >= 4 is 0 Å². The number of rotatable bonds is 2. The van der Waals surface area contributed by atoms with Crippen LogP contribution < -0.4 is 5.73 Å². The number of hydrogen-bond acceptors (Lipinski definition) is 1. The summed E-state index contributed by atoms with van der Waals surface area (Å²) in [6, 6.07) is 0.442. The highest BCUT2D eigenvalue weighted by Gasteiger charge is 2.12. The zero-order chi connectivity index (χ0) is 8.97. The van der Waals surface area contributed by atoms with Crippen molar-refractivity contribution in [2.24, 2.45) is 11.7 Å². The number of hydrogen-bond donors (Lipinski definition) is 1. The number of nitrogens with two attached hydrogens (primary N) is 1. The first-order valence-electron chi connectivity index (χ1n) is 5.12. The van der Waals surface area contributed by atoms with E-state index in [1.165, 1.54) is 25.7 Å². The molecule has 0 aromatic carbocycles.